The van der Waals surface area contributed by atoms with Gasteiger partial charge in [0, 0.05) is 37.0 Å². The molecule has 2 N–H and O–H groups in total. The number of hydrogen-bond donors (Lipinski definition) is 2. The maximum Gasteiger partial charge on any atom is 0.227 e. The number of carbonyl (C=O) groups is 1. The highest BCUT2D eigenvalue weighted by molar-refractivity contribution is 5.80. The van der Waals surface area contributed by atoms with Gasteiger partial charge in [0.05, 0.1) is 18.2 Å². The quantitative estimate of drug-likeness (QED) is 0.541. The van der Waals surface area contributed by atoms with E-state index in [1.165, 1.54) is 12.1 Å². The molecule has 0 aliphatic carbocycles. The van der Waals surface area contributed by atoms with Gasteiger partial charge in [-0.25, -0.2) is 4.39 Å². The van der Waals surface area contributed by atoms with Gasteiger partial charge in [0.15, 0.2) is 5.58 Å². The second-order valence-corrected chi connectivity index (χ2v) is 7.23. The Bertz CT molecular complexity index is 750. The maximum atomic E-state index is 13.4. The number of hydrogen-bond acceptors (Lipinski definition) is 5. The first-order valence-corrected chi connectivity index (χ1v) is 10.2. The van der Waals surface area contributed by atoms with E-state index in [-0.39, 0.29) is 30.2 Å². The lowest BCUT2D eigenvalue weighted by Crippen LogP contribution is -2.40. The number of aliphatic hydroxyl groups excluding tert-OH is 1. The van der Waals surface area contributed by atoms with Crippen molar-refractivity contribution >= 4 is 16.9 Å². The second kappa shape index (κ2) is 11.1. The van der Waals surface area contributed by atoms with Crippen LogP contribution in [0.25, 0.3) is 11.0 Å². The molecule has 0 aliphatic rings. The molecule has 156 valence electrons. The van der Waals surface area contributed by atoms with Crippen LogP contribution in [0.4, 0.5) is 4.39 Å². The summed E-state index contributed by atoms with van der Waals surface area (Å²) in [6.45, 7) is 8.42. The monoisotopic (exact) mass is 393 g/mol. The lowest BCUT2D eigenvalue weighted by Gasteiger charge is -2.24. The summed E-state index contributed by atoms with van der Waals surface area (Å²) in [7, 11) is 0. The molecule has 7 heteroatoms. The zero-order valence-electron chi connectivity index (χ0n) is 17.1. The van der Waals surface area contributed by atoms with Crippen LogP contribution >= 0.6 is 0 Å². The van der Waals surface area contributed by atoms with E-state index in [0.717, 1.165) is 36.9 Å². The first-order valence-electron chi connectivity index (χ1n) is 10.2. The fourth-order valence-electron chi connectivity index (χ4n) is 3.42. The van der Waals surface area contributed by atoms with Crippen LogP contribution < -0.4 is 5.32 Å². The molecule has 2 atom stereocenters. The van der Waals surface area contributed by atoms with Crippen LogP contribution in [0.3, 0.4) is 0 Å². The van der Waals surface area contributed by atoms with Crippen molar-refractivity contribution in [1.29, 1.82) is 0 Å². The highest BCUT2D eigenvalue weighted by Gasteiger charge is 2.20. The summed E-state index contributed by atoms with van der Waals surface area (Å²) in [5, 5.41) is 17.6. The SMILES string of the molecule is CCCC(CCNCCN(CC)C(=O)C(C)CO)c1noc2cc(F)ccc12. The number of halogens is 1. The van der Waals surface area contributed by atoms with E-state index >= 15 is 0 Å². The number of likely N-dealkylation sites (N-methyl/N-ethyl adjacent to an activating group) is 1. The zero-order chi connectivity index (χ0) is 20.5. The van der Waals surface area contributed by atoms with E-state index in [1.54, 1.807) is 17.9 Å². The van der Waals surface area contributed by atoms with Crippen LogP contribution in [0.2, 0.25) is 0 Å². The molecular formula is C21H32FN3O3. The fourth-order valence-corrected chi connectivity index (χ4v) is 3.42. The van der Waals surface area contributed by atoms with Gasteiger partial charge in [-0.05, 0) is 38.4 Å². The second-order valence-electron chi connectivity index (χ2n) is 7.23. The van der Waals surface area contributed by atoms with Crippen LogP contribution in [-0.4, -0.2) is 53.9 Å². The van der Waals surface area contributed by atoms with Gasteiger partial charge in [-0.15, -0.1) is 0 Å². The van der Waals surface area contributed by atoms with Gasteiger partial charge >= 0.3 is 0 Å². The summed E-state index contributed by atoms with van der Waals surface area (Å²) < 4.78 is 18.7. The summed E-state index contributed by atoms with van der Waals surface area (Å²) in [5.41, 5.74) is 1.37. The van der Waals surface area contributed by atoms with Crippen LogP contribution in [0.5, 0.6) is 0 Å². The zero-order valence-corrected chi connectivity index (χ0v) is 17.1. The number of benzene rings is 1. The van der Waals surface area contributed by atoms with Gasteiger partial charge in [-0.3, -0.25) is 4.79 Å². The minimum Gasteiger partial charge on any atom is -0.396 e. The average Bonchev–Trinajstić information content (AvgIpc) is 3.11. The molecule has 0 bridgehead atoms. The smallest absolute Gasteiger partial charge is 0.227 e. The third kappa shape index (κ3) is 5.75. The van der Waals surface area contributed by atoms with Crippen molar-refractivity contribution in [2.24, 2.45) is 5.92 Å². The van der Waals surface area contributed by atoms with Crippen molar-refractivity contribution in [2.45, 2.75) is 46.0 Å². The van der Waals surface area contributed by atoms with E-state index in [1.807, 2.05) is 6.92 Å². The summed E-state index contributed by atoms with van der Waals surface area (Å²) in [5.74, 6) is -0.465. The van der Waals surface area contributed by atoms with Crippen LogP contribution in [0.1, 0.15) is 51.6 Å². The summed E-state index contributed by atoms with van der Waals surface area (Å²) >= 11 is 0. The minimum absolute atomic E-state index is 0.0167. The Morgan fingerprint density at radius 3 is 2.79 bits per heavy atom. The van der Waals surface area contributed by atoms with E-state index in [2.05, 4.69) is 17.4 Å². The molecule has 0 aliphatic heterocycles. The van der Waals surface area contributed by atoms with E-state index in [9.17, 15) is 9.18 Å². The summed E-state index contributed by atoms with van der Waals surface area (Å²) in [4.78, 5) is 13.9. The molecular weight excluding hydrogens is 361 g/mol. The first-order chi connectivity index (χ1) is 13.5. The molecule has 1 heterocycles. The van der Waals surface area contributed by atoms with Gasteiger partial charge in [-0.1, -0.05) is 25.4 Å². The highest BCUT2D eigenvalue weighted by atomic mass is 19.1. The average molecular weight is 394 g/mol. The predicted octanol–water partition coefficient (Wildman–Crippen LogP) is 3.31. The Kier molecular flexibility index (Phi) is 8.86. The molecule has 0 saturated carbocycles. The van der Waals surface area contributed by atoms with Gasteiger partial charge in [0.1, 0.15) is 5.82 Å². The number of fused-ring (bicyclic) bond motifs is 1. The van der Waals surface area contributed by atoms with Crippen LogP contribution in [0.15, 0.2) is 22.7 Å². The topological polar surface area (TPSA) is 78.6 Å². The first kappa shape index (κ1) is 22.3. The molecule has 1 aromatic heterocycles. The summed E-state index contributed by atoms with van der Waals surface area (Å²) in [6.07, 6.45) is 2.89. The fraction of sp³-hybridized carbons (Fsp3) is 0.619. The standard InChI is InChI=1S/C21H32FN3O3/c1-4-6-16(20-18-8-7-17(22)13-19(18)28-24-20)9-10-23-11-12-25(5-2)21(27)15(3)14-26/h7-8,13,15-16,23,26H,4-6,9-12,14H2,1-3H3. The molecule has 0 radical (unpaired) electrons. The van der Waals surface area contributed by atoms with Crippen molar-refractivity contribution < 1.29 is 18.8 Å². The van der Waals surface area contributed by atoms with Crippen LogP contribution in [0, 0.1) is 11.7 Å². The molecule has 2 unspecified atom stereocenters. The van der Waals surface area contributed by atoms with Crippen molar-refractivity contribution in [2.75, 3.05) is 32.8 Å². The molecule has 1 amide bonds. The number of amides is 1. The Morgan fingerprint density at radius 1 is 1.32 bits per heavy atom. The molecule has 2 aromatic rings. The third-order valence-corrected chi connectivity index (χ3v) is 5.10. The largest absolute Gasteiger partial charge is 0.396 e. The van der Waals surface area contributed by atoms with E-state index in [4.69, 9.17) is 9.63 Å². The number of rotatable bonds is 12. The Labute approximate surface area is 166 Å². The van der Waals surface area contributed by atoms with Crippen molar-refractivity contribution in [3.8, 4) is 0 Å². The summed E-state index contributed by atoms with van der Waals surface area (Å²) in [6, 6.07) is 4.55. The Hall–Kier alpha value is -1.99. The minimum atomic E-state index is -0.362. The molecule has 28 heavy (non-hydrogen) atoms. The van der Waals surface area contributed by atoms with Crippen molar-refractivity contribution in [3.05, 3.63) is 29.7 Å². The molecule has 0 saturated heterocycles. The number of nitrogens with zero attached hydrogens (tertiary/aromatic N) is 2. The van der Waals surface area contributed by atoms with Gasteiger partial charge in [-0.2, -0.15) is 0 Å². The molecule has 0 spiro atoms. The normalized spacial score (nSPS) is 13.6. The van der Waals surface area contributed by atoms with Crippen molar-refractivity contribution in [1.82, 2.24) is 15.4 Å². The number of aliphatic hydroxyl groups is 1. The lowest BCUT2D eigenvalue weighted by atomic mass is 9.94. The number of carbonyl (C=O) groups excluding carboxylic acids is 1. The highest BCUT2D eigenvalue weighted by Crippen LogP contribution is 2.30. The van der Waals surface area contributed by atoms with Gasteiger partial charge < -0.3 is 19.8 Å². The lowest BCUT2D eigenvalue weighted by molar-refractivity contribution is -0.135. The molecule has 2 rings (SSSR count). The maximum absolute atomic E-state index is 13.4. The number of aromatic nitrogens is 1. The van der Waals surface area contributed by atoms with Gasteiger partial charge in [0.25, 0.3) is 0 Å². The van der Waals surface area contributed by atoms with E-state index < -0.39 is 0 Å². The van der Waals surface area contributed by atoms with Crippen molar-refractivity contribution in [3.63, 3.8) is 0 Å². The molecule has 0 fully saturated rings. The predicted molar refractivity (Wildman–Crippen MR) is 108 cm³/mol. The Balaban J connectivity index is 1.87. The molecule has 6 nitrogen and oxygen atoms in total. The third-order valence-electron chi connectivity index (χ3n) is 5.10. The van der Waals surface area contributed by atoms with E-state index in [0.29, 0.717) is 25.2 Å². The van der Waals surface area contributed by atoms with Gasteiger partial charge in [0.2, 0.25) is 5.91 Å². The Morgan fingerprint density at radius 2 is 2.11 bits per heavy atom. The molecule has 1 aromatic carbocycles. The van der Waals surface area contributed by atoms with Crippen LogP contribution in [-0.2, 0) is 4.79 Å². The number of nitrogens with one attached hydrogen (secondary N) is 1.